The van der Waals surface area contributed by atoms with Gasteiger partial charge in [0.2, 0.25) is 0 Å². The van der Waals surface area contributed by atoms with Crippen molar-refractivity contribution in [2.75, 3.05) is 20.2 Å². The summed E-state index contributed by atoms with van der Waals surface area (Å²) >= 11 is 0. The van der Waals surface area contributed by atoms with Gasteiger partial charge in [-0.1, -0.05) is 12.1 Å². The van der Waals surface area contributed by atoms with Crippen LogP contribution >= 0.6 is 0 Å². The van der Waals surface area contributed by atoms with Crippen LogP contribution in [0.5, 0.6) is 5.75 Å². The Morgan fingerprint density at radius 1 is 0.964 bits per heavy atom. The Kier molecular flexibility index (Phi) is 4.90. The second-order valence-electron chi connectivity index (χ2n) is 7.32. The van der Waals surface area contributed by atoms with Gasteiger partial charge in [0.25, 0.3) is 5.91 Å². The third-order valence-corrected chi connectivity index (χ3v) is 5.44. The Morgan fingerprint density at radius 3 is 2.32 bits per heavy atom. The Balaban J connectivity index is 1.80. The quantitative estimate of drug-likeness (QED) is 0.679. The highest BCUT2D eigenvalue weighted by Crippen LogP contribution is 2.26. The van der Waals surface area contributed by atoms with Crippen LogP contribution in [-0.4, -0.2) is 40.8 Å². The molecule has 0 radical (unpaired) electrons. The van der Waals surface area contributed by atoms with E-state index in [1.54, 1.807) is 11.8 Å². The van der Waals surface area contributed by atoms with Crippen molar-refractivity contribution in [2.24, 2.45) is 0 Å². The molecule has 0 aliphatic carbocycles. The van der Waals surface area contributed by atoms with E-state index in [-0.39, 0.29) is 5.91 Å². The molecule has 0 atom stereocenters. The summed E-state index contributed by atoms with van der Waals surface area (Å²) in [5.41, 5.74) is 5.72. The number of hydrogen-bond acceptors (Lipinski definition) is 3. The number of rotatable bonds is 4. The molecule has 5 nitrogen and oxygen atoms in total. The molecule has 1 aliphatic rings. The summed E-state index contributed by atoms with van der Waals surface area (Å²) in [6.07, 6.45) is 2.12. The Bertz CT molecular complexity index is 999. The predicted molar refractivity (Wildman–Crippen MR) is 110 cm³/mol. The highest BCUT2D eigenvalue weighted by atomic mass is 16.5. The van der Waals surface area contributed by atoms with Crippen molar-refractivity contribution in [3.8, 4) is 22.7 Å². The van der Waals surface area contributed by atoms with Gasteiger partial charge in [0, 0.05) is 18.7 Å². The van der Waals surface area contributed by atoms with Crippen LogP contribution in [-0.2, 0) is 0 Å². The van der Waals surface area contributed by atoms with E-state index >= 15 is 0 Å². The number of ether oxygens (including phenoxy) is 1. The summed E-state index contributed by atoms with van der Waals surface area (Å²) in [6, 6.07) is 15.8. The zero-order valence-corrected chi connectivity index (χ0v) is 16.6. The van der Waals surface area contributed by atoms with Crippen LogP contribution in [0, 0.1) is 13.8 Å². The number of hydrogen-bond donors (Lipinski definition) is 0. The van der Waals surface area contributed by atoms with Gasteiger partial charge >= 0.3 is 0 Å². The summed E-state index contributed by atoms with van der Waals surface area (Å²) in [7, 11) is 1.64. The number of amides is 1. The largest absolute Gasteiger partial charge is 0.497 e. The third kappa shape index (κ3) is 3.40. The van der Waals surface area contributed by atoms with Crippen LogP contribution in [0.15, 0.2) is 48.5 Å². The van der Waals surface area contributed by atoms with E-state index in [0.29, 0.717) is 5.69 Å². The van der Waals surface area contributed by atoms with Gasteiger partial charge in [-0.3, -0.25) is 4.79 Å². The molecular formula is C23H25N3O2. The van der Waals surface area contributed by atoms with Gasteiger partial charge in [0.1, 0.15) is 11.4 Å². The normalized spacial score (nSPS) is 13.8. The van der Waals surface area contributed by atoms with Gasteiger partial charge in [-0.2, -0.15) is 5.10 Å². The van der Waals surface area contributed by atoms with Crippen LogP contribution in [0.25, 0.3) is 16.9 Å². The maximum atomic E-state index is 13.2. The fraction of sp³-hybridized carbons (Fsp3) is 0.304. The Labute approximate surface area is 165 Å². The number of aromatic nitrogens is 2. The minimum Gasteiger partial charge on any atom is -0.497 e. The van der Waals surface area contributed by atoms with Crippen molar-refractivity contribution in [3.63, 3.8) is 0 Å². The molecule has 0 saturated carbocycles. The SMILES string of the molecule is COc1ccc(-n2nc(-c3ccc(C)c(C)c3)cc2C(=O)N2CCCC2)cc1. The smallest absolute Gasteiger partial charge is 0.272 e. The first-order valence-corrected chi connectivity index (χ1v) is 9.68. The maximum Gasteiger partial charge on any atom is 0.272 e. The molecule has 5 heteroatoms. The minimum absolute atomic E-state index is 0.0379. The number of nitrogens with zero attached hydrogens (tertiary/aromatic N) is 3. The van der Waals surface area contributed by atoms with Crippen molar-refractivity contribution in [3.05, 3.63) is 65.4 Å². The van der Waals surface area contributed by atoms with E-state index in [0.717, 1.165) is 48.6 Å². The lowest BCUT2D eigenvalue weighted by atomic mass is 10.0. The van der Waals surface area contributed by atoms with E-state index in [1.165, 1.54) is 11.1 Å². The van der Waals surface area contributed by atoms with Gasteiger partial charge in [0.15, 0.2) is 0 Å². The average Bonchev–Trinajstić information content (AvgIpc) is 3.40. The second kappa shape index (κ2) is 7.50. The number of methoxy groups -OCH3 is 1. The molecule has 1 aromatic heterocycles. The lowest BCUT2D eigenvalue weighted by Crippen LogP contribution is -2.29. The molecule has 0 bridgehead atoms. The van der Waals surface area contributed by atoms with Gasteiger partial charge < -0.3 is 9.64 Å². The molecule has 0 N–H and O–H groups in total. The van der Waals surface area contributed by atoms with Crippen LogP contribution < -0.4 is 4.74 Å². The number of aryl methyl sites for hydroxylation is 2. The van der Waals surface area contributed by atoms with Crippen molar-refractivity contribution in [1.29, 1.82) is 0 Å². The first kappa shape index (κ1) is 18.3. The molecule has 1 fully saturated rings. The fourth-order valence-electron chi connectivity index (χ4n) is 3.58. The third-order valence-electron chi connectivity index (χ3n) is 5.44. The Morgan fingerprint density at radius 2 is 1.68 bits per heavy atom. The van der Waals surface area contributed by atoms with Crippen LogP contribution in [0.1, 0.15) is 34.5 Å². The molecule has 1 amide bonds. The van der Waals surface area contributed by atoms with Crippen LogP contribution in [0.3, 0.4) is 0 Å². The second-order valence-corrected chi connectivity index (χ2v) is 7.32. The van der Waals surface area contributed by atoms with Crippen molar-refractivity contribution in [1.82, 2.24) is 14.7 Å². The molecule has 2 aromatic carbocycles. The first-order valence-electron chi connectivity index (χ1n) is 9.68. The summed E-state index contributed by atoms with van der Waals surface area (Å²) < 4.78 is 7.01. The predicted octanol–water partition coefficient (Wildman–Crippen LogP) is 4.40. The lowest BCUT2D eigenvalue weighted by Gasteiger charge is -2.16. The zero-order chi connectivity index (χ0) is 19.7. The zero-order valence-electron chi connectivity index (χ0n) is 16.6. The molecule has 2 heterocycles. The topological polar surface area (TPSA) is 47.4 Å². The molecule has 3 aromatic rings. The Hall–Kier alpha value is -3.08. The molecule has 1 aliphatic heterocycles. The number of benzene rings is 2. The van der Waals surface area contributed by atoms with E-state index in [1.807, 2.05) is 35.2 Å². The standard InChI is InChI=1S/C23H25N3O2/c1-16-6-7-18(14-17(16)2)21-15-22(23(27)25-12-4-5-13-25)26(24-21)19-8-10-20(28-3)11-9-19/h6-11,14-15H,4-5,12-13H2,1-3H3. The van der Waals surface area contributed by atoms with Gasteiger partial charge in [-0.05, 0) is 74.2 Å². The van der Waals surface area contributed by atoms with Crippen molar-refractivity contribution in [2.45, 2.75) is 26.7 Å². The first-order chi connectivity index (χ1) is 13.6. The van der Waals surface area contributed by atoms with E-state index in [9.17, 15) is 4.79 Å². The molecule has 0 unspecified atom stereocenters. The molecular weight excluding hydrogens is 350 g/mol. The van der Waals surface area contributed by atoms with Crippen molar-refractivity contribution < 1.29 is 9.53 Å². The molecule has 0 spiro atoms. The fourth-order valence-corrected chi connectivity index (χ4v) is 3.58. The van der Waals surface area contributed by atoms with Crippen LogP contribution in [0.2, 0.25) is 0 Å². The molecule has 1 saturated heterocycles. The lowest BCUT2D eigenvalue weighted by molar-refractivity contribution is 0.0784. The summed E-state index contributed by atoms with van der Waals surface area (Å²) in [4.78, 5) is 15.1. The van der Waals surface area contributed by atoms with E-state index in [4.69, 9.17) is 9.84 Å². The van der Waals surface area contributed by atoms with Crippen LogP contribution in [0.4, 0.5) is 0 Å². The monoisotopic (exact) mass is 375 g/mol. The van der Waals surface area contributed by atoms with E-state index < -0.39 is 0 Å². The van der Waals surface area contributed by atoms with Gasteiger partial charge in [-0.15, -0.1) is 0 Å². The number of carbonyl (C=O) groups is 1. The van der Waals surface area contributed by atoms with Crippen molar-refractivity contribution >= 4 is 5.91 Å². The van der Waals surface area contributed by atoms with E-state index in [2.05, 4.69) is 32.0 Å². The average molecular weight is 375 g/mol. The summed E-state index contributed by atoms with van der Waals surface area (Å²) in [5, 5.41) is 4.80. The van der Waals surface area contributed by atoms with Gasteiger partial charge in [-0.25, -0.2) is 4.68 Å². The highest BCUT2D eigenvalue weighted by Gasteiger charge is 2.25. The highest BCUT2D eigenvalue weighted by molar-refractivity contribution is 5.94. The minimum atomic E-state index is 0.0379. The summed E-state index contributed by atoms with van der Waals surface area (Å²) in [5.74, 6) is 0.814. The summed E-state index contributed by atoms with van der Waals surface area (Å²) in [6.45, 7) is 5.81. The van der Waals surface area contributed by atoms with Gasteiger partial charge in [0.05, 0.1) is 18.5 Å². The molecule has 28 heavy (non-hydrogen) atoms. The number of likely N-dealkylation sites (tertiary alicyclic amines) is 1. The maximum absolute atomic E-state index is 13.2. The molecule has 144 valence electrons. The number of carbonyl (C=O) groups excluding carboxylic acids is 1. The molecule has 4 rings (SSSR count).